The second-order valence-corrected chi connectivity index (χ2v) is 13.6. The van der Waals surface area contributed by atoms with Gasteiger partial charge in [-0.05, 0) is 37.3 Å². The predicted molar refractivity (Wildman–Crippen MR) is 186 cm³/mol. The van der Waals surface area contributed by atoms with E-state index in [0.29, 0.717) is 50.5 Å². The average Bonchev–Trinajstić information content (AvgIpc) is 3.80. The molecule has 0 spiro atoms. The van der Waals surface area contributed by atoms with Gasteiger partial charge in [-0.1, -0.05) is 62.4 Å². The molecule has 0 radical (unpaired) electrons. The van der Waals surface area contributed by atoms with Crippen molar-refractivity contribution in [2.24, 2.45) is 5.92 Å². The third-order valence-corrected chi connectivity index (χ3v) is 9.50. The molecule has 6 rings (SSSR count). The number of fused-ring (bicyclic) bond motifs is 2. The molecule has 0 aliphatic carbocycles. The molecule has 0 saturated heterocycles. The number of benzene rings is 2. The van der Waals surface area contributed by atoms with Crippen molar-refractivity contribution in [1.82, 2.24) is 40.3 Å². The maximum absolute atomic E-state index is 14.0. The van der Waals surface area contributed by atoms with Crippen molar-refractivity contribution < 1.29 is 14.4 Å². The van der Waals surface area contributed by atoms with Crippen LogP contribution in [0.4, 0.5) is 0 Å². The van der Waals surface area contributed by atoms with Crippen LogP contribution in [0.25, 0.3) is 21.5 Å². The Morgan fingerprint density at radius 2 is 1.77 bits per heavy atom. The quantitative estimate of drug-likeness (QED) is 0.224. The second kappa shape index (κ2) is 14.9. The van der Waals surface area contributed by atoms with Crippen LogP contribution in [0.15, 0.2) is 66.2 Å². The number of carbonyl (C=O) groups excluding carboxylic acids is 3. The standard InChI is InChI=1S/C36H42N8O3S/c1-23(2)18-30-34-38-24(3)42-44(34)17-16-43(33(46)20-27-22-48-36(39-27)25-10-5-4-6-11-25)15-9-14-32(45)40-31(35(47)41-30)19-26-21-37-29-13-8-7-12-28(26)29/h4-8,10-13,21-23,30-31,37H,9,14-20H2,1-3H3,(H,40,45)(H,41,47)/t30-,31+/m0/s1. The number of aromatic amines is 1. The van der Waals surface area contributed by atoms with Crippen LogP contribution in [0, 0.1) is 12.8 Å². The van der Waals surface area contributed by atoms with Crippen molar-refractivity contribution in [3.05, 3.63) is 89.1 Å². The van der Waals surface area contributed by atoms with E-state index in [-0.39, 0.29) is 36.5 Å². The third-order valence-electron chi connectivity index (χ3n) is 8.56. The molecule has 0 fully saturated rings. The zero-order valence-corrected chi connectivity index (χ0v) is 28.4. The summed E-state index contributed by atoms with van der Waals surface area (Å²) in [6.45, 7) is 7.20. The van der Waals surface area contributed by atoms with Crippen LogP contribution in [-0.2, 0) is 33.8 Å². The molecule has 1 aliphatic rings. The van der Waals surface area contributed by atoms with Gasteiger partial charge in [-0.15, -0.1) is 11.3 Å². The highest BCUT2D eigenvalue weighted by Crippen LogP contribution is 2.25. The van der Waals surface area contributed by atoms with E-state index in [4.69, 9.17) is 9.97 Å². The molecule has 250 valence electrons. The van der Waals surface area contributed by atoms with E-state index >= 15 is 0 Å². The molecule has 1 aliphatic heterocycles. The van der Waals surface area contributed by atoms with Gasteiger partial charge in [0.05, 0.1) is 24.7 Å². The Kier molecular flexibility index (Phi) is 10.3. The number of hydrogen-bond donors (Lipinski definition) is 3. The lowest BCUT2D eigenvalue weighted by molar-refractivity contribution is -0.131. The second-order valence-electron chi connectivity index (χ2n) is 12.8. The van der Waals surface area contributed by atoms with Crippen LogP contribution in [0.5, 0.6) is 0 Å². The van der Waals surface area contributed by atoms with Crippen LogP contribution < -0.4 is 10.6 Å². The van der Waals surface area contributed by atoms with E-state index in [9.17, 15) is 14.4 Å². The number of para-hydroxylation sites is 1. The molecule has 0 saturated carbocycles. The maximum Gasteiger partial charge on any atom is 0.243 e. The number of aromatic nitrogens is 5. The summed E-state index contributed by atoms with van der Waals surface area (Å²) >= 11 is 1.52. The van der Waals surface area contributed by atoms with Crippen LogP contribution >= 0.6 is 11.3 Å². The average molecular weight is 667 g/mol. The van der Waals surface area contributed by atoms with Crippen LogP contribution in [0.1, 0.15) is 62.1 Å². The molecule has 0 bridgehead atoms. The minimum atomic E-state index is -0.798. The molecule has 2 aromatic carbocycles. The van der Waals surface area contributed by atoms with E-state index in [1.807, 2.05) is 77.8 Å². The molecule has 4 heterocycles. The number of rotatable bonds is 7. The lowest BCUT2D eigenvalue weighted by atomic mass is 10.0. The Balaban J connectivity index is 1.25. The molecular formula is C36H42N8O3S. The lowest BCUT2D eigenvalue weighted by Gasteiger charge is -2.27. The number of H-pyrrole nitrogens is 1. The normalized spacial score (nSPS) is 18.0. The first-order valence-corrected chi connectivity index (χ1v) is 17.4. The number of nitrogens with zero attached hydrogens (tertiary/aromatic N) is 5. The minimum Gasteiger partial charge on any atom is -0.361 e. The highest BCUT2D eigenvalue weighted by Gasteiger charge is 2.29. The Bertz CT molecular complexity index is 1880. The van der Waals surface area contributed by atoms with Gasteiger partial charge in [0.25, 0.3) is 0 Å². The first-order chi connectivity index (χ1) is 23.2. The highest BCUT2D eigenvalue weighted by atomic mass is 32.1. The van der Waals surface area contributed by atoms with E-state index < -0.39 is 12.1 Å². The van der Waals surface area contributed by atoms with Gasteiger partial charge in [0, 0.05) is 54.0 Å². The zero-order valence-electron chi connectivity index (χ0n) is 27.6. The van der Waals surface area contributed by atoms with Gasteiger partial charge in [0.15, 0.2) is 0 Å². The Morgan fingerprint density at radius 3 is 2.58 bits per heavy atom. The largest absolute Gasteiger partial charge is 0.361 e. The number of thiazole rings is 1. The van der Waals surface area contributed by atoms with Gasteiger partial charge in [-0.2, -0.15) is 5.10 Å². The lowest BCUT2D eigenvalue weighted by Crippen LogP contribution is -2.49. The Hall–Kier alpha value is -4.84. The fourth-order valence-electron chi connectivity index (χ4n) is 6.24. The molecule has 0 unspecified atom stereocenters. The van der Waals surface area contributed by atoms with Crippen LogP contribution in [-0.4, -0.2) is 66.5 Å². The van der Waals surface area contributed by atoms with Gasteiger partial charge in [-0.3, -0.25) is 14.4 Å². The summed E-state index contributed by atoms with van der Waals surface area (Å²) in [6.07, 6.45) is 3.65. The molecule has 2 atom stereocenters. The SMILES string of the molecule is Cc1nc2n(n1)CCN(C(=O)Cc1csc(-c3ccccc3)n1)CCCC(=O)N[C@H](Cc1c[nH]c3ccccc13)C(=O)N[C@H]2CC(C)C. The van der Waals surface area contributed by atoms with Gasteiger partial charge >= 0.3 is 0 Å². The van der Waals surface area contributed by atoms with E-state index in [1.54, 1.807) is 4.90 Å². The molecule has 3 amide bonds. The number of amides is 3. The van der Waals surface area contributed by atoms with Gasteiger partial charge < -0.3 is 20.5 Å². The Labute approximate surface area is 284 Å². The molecular weight excluding hydrogens is 625 g/mol. The molecule has 12 heteroatoms. The van der Waals surface area contributed by atoms with Gasteiger partial charge in [-0.25, -0.2) is 14.6 Å². The summed E-state index contributed by atoms with van der Waals surface area (Å²) in [6, 6.07) is 16.6. The topological polar surface area (TPSA) is 138 Å². The van der Waals surface area contributed by atoms with E-state index in [2.05, 4.69) is 34.6 Å². The molecule has 5 aromatic rings. The predicted octanol–water partition coefficient (Wildman–Crippen LogP) is 4.99. The summed E-state index contributed by atoms with van der Waals surface area (Å²) < 4.78 is 1.82. The van der Waals surface area contributed by atoms with Crippen molar-refractivity contribution >= 4 is 40.0 Å². The van der Waals surface area contributed by atoms with Crippen molar-refractivity contribution in [1.29, 1.82) is 0 Å². The molecule has 11 nitrogen and oxygen atoms in total. The van der Waals surface area contributed by atoms with Gasteiger partial charge in [0.1, 0.15) is 22.7 Å². The van der Waals surface area contributed by atoms with Crippen molar-refractivity contribution in [2.75, 3.05) is 13.1 Å². The highest BCUT2D eigenvalue weighted by molar-refractivity contribution is 7.13. The monoisotopic (exact) mass is 666 g/mol. The summed E-state index contributed by atoms with van der Waals surface area (Å²) in [4.78, 5) is 55.6. The smallest absolute Gasteiger partial charge is 0.243 e. The number of carbonyl (C=O) groups is 3. The summed E-state index contributed by atoms with van der Waals surface area (Å²) in [5, 5.41) is 14.7. The van der Waals surface area contributed by atoms with Crippen molar-refractivity contribution in [3.63, 3.8) is 0 Å². The number of nitrogens with one attached hydrogen (secondary N) is 3. The fraction of sp³-hybridized carbons (Fsp3) is 0.389. The number of hydrogen-bond acceptors (Lipinski definition) is 7. The molecule has 48 heavy (non-hydrogen) atoms. The molecule has 3 N–H and O–H groups in total. The first kappa shape index (κ1) is 33.1. The molecule has 3 aromatic heterocycles. The van der Waals surface area contributed by atoms with E-state index in [0.717, 1.165) is 32.7 Å². The Morgan fingerprint density at radius 1 is 0.979 bits per heavy atom. The zero-order chi connectivity index (χ0) is 33.6. The van der Waals surface area contributed by atoms with Gasteiger partial charge in [0.2, 0.25) is 17.7 Å². The summed E-state index contributed by atoms with van der Waals surface area (Å²) in [5.41, 5.74) is 3.66. The summed E-state index contributed by atoms with van der Waals surface area (Å²) in [5.74, 6) is 0.926. The maximum atomic E-state index is 14.0. The fourth-order valence-corrected chi connectivity index (χ4v) is 7.06. The van der Waals surface area contributed by atoms with Crippen LogP contribution in [0.3, 0.4) is 0 Å². The number of aryl methyl sites for hydroxylation is 1. The van der Waals surface area contributed by atoms with E-state index in [1.165, 1.54) is 11.3 Å². The van der Waals surface area contributed by atoms with Crippen molar-refractivity contribution in [3.8, 4) is 10.6 Å². The first-order valence-electron chi connectivity index (χ1n) is 16.6. The van der Waals surface area contributed by atoms with Crippen LogP contribution in [0.2, 0.25) is 0 Å². The third kappa shape index (κ3) is 7.99. The van der Waals surface area contributed by atoms with Crippen molar-refractivity contribution in [2.45, 2.75) is 71.5 Å². The minimum absolute atomic E-state index is 0.0601. The summed E-state index contributed by atoms with van der Waals surface area (Å²) in [7, 11) is 0.